The highest BCUT2D eigenvalue weighted by molar-refractivity contribution is 6.31. The van der Waals surface area contributed by atoms with Crippen molar-refractivity contribution >= 4 is 29.7 Å². The Morgan fingerprint density at radius 3 is 3.00 bits per heavy atom. The molecule has 2 N–H and O–H groups in total. The molecule has 3 rings (SSSR count). The van der Waals surface area contributed by atoms with Crippen molar-refractivity contribution in [2.75, 3.05) is 6.54 Å². The highest BCUT2D eigenvalue weighted by atomic mass is 35.5. The molecular formula is C16H16ClN3O3. The molecule has 3 aliphatic rings. The minimum absolute atomic E-state index is 0.114. The Labute approximate surface area is 138 Å². The molecule has 3 unspecified atom stereocenters. The maximum atomic E-state index is 10.9. The van der Waals surface area contributed by atoms with Gasteiger partial charge in [0.1, 0.15) is 18.3 Å². The SMILES string of the molecule is O=CC1=CC2=NC(C3C=CC(Cl)=CC3)C(NCC(=O)O)N2C=C1. The zero-order valence-electron chi connectivity index (χ0n) is 12.2. The molecule has 0 aromatic rings. The van der Waals surface area contributed by atoms with Crippen LogP contribution in [0.15, 0.2) is 52.2 Å². The molecule has 0 amide bonds. The third-order valence-electron chi connectivity index (χ3n) is 4.02. The third-order valence-corrected chi connectivity index (χ3v) is 4.30. The molecule has 0 radical (unpaired) electrons. The van der Waals surface area contributed by atoms with Gasteiger partial charge < -0.3 is 10.0 Å². The quantitative estimate of drug-likeness (QED) is 0.744. The topological polar surface area (TPSA) is 82.0 Å². The van der Waals surface area contributed by atoms with Crippen LogP contribution in [0.3, 0.4) is 0 Å². The number of aliphatic carboxylic acids is 1. The number of carbonyl (C=O) groups is 2. The normalized spacial score (nSPS) is 28.8. The summed E-state index contributed by atoms with van der Waals surface area (Å²) in [4.78, 5) is 28.4. The molecule has 1 aliphatic carbocycles. The third kappa shape index (κ3) is 3.28. The predicted octanol–water partition coefficient (Wildman–Crippen LogP) is 1.42. The molecule has 7 heteroatoms. The van der Waals surface area contributed by atoms with E-state index in [-0.39, 0.29) is 24.7 Å². The van der Waals surface area contributed by atoms with Crippen molar-refractivity contribution in [1.29, 1.82) is 0 Å². The van der Waals surface area contributed by atoms with Crippen molar-refractivity contribution in [1.82, 2.24) is 10.2 Å². The fourth-order valence-corrected chi connectivity index (χ4v) is 3.08. The van der Waals surface area contributed by atoms with Crippen molar-refractivity contribution in [2.24, 2.45) is 10.9 Å². The van der Waals surface area contributed by atoms with Gasteiger partial charge in [0.2, 0.25) is 0 Å². The van der Waals surface area contributed by atoms with Crippen LogP contribution in [-0.4, -0.2) is 46.8 Å². The number of nitrogens with zero attached hydrogens (tertiary/aromatic N) is 2. The van der Waals surface area contributed by atoms with Gasteiger partial charge >= 0.3 is 5.97 Å². The molecule has 23 heavy (non-hydrogen) atoms. The van der Waals surface area contributed by atoms with Gasteiger partial charge in [0.15, 0.2) is 0 Å². The first-order valence-corrected chi connectivity index (χ1v) is 7.66. The van der Waals surface area contributed by atoms with Crippen LogP contribution < -0.4 is 5.32 Å². The van der Waals surface area contributed by atoms with E-state index in [1.165, 1.54) is 0 Å². The number of halogens is 1. The van der Waals surface area contributed by atoms with Crippen LogP contribution in [0.1, 0.15) is 6.42 Å². The fraction of sp³-hybridized carbons (Fsp3) is 0.312. The maximum Gasteiger partial charge on any atom is 0.317 e. The number of amidine groups is 1. The summed E-state index contributed by atoms with van der Waals surface area (Å²) in [5.41, 5.74) is 0.541. The van der Waals surface area contributed by atoms with Crippen LogP contribution in [0.25, 0.3) is 0 Å². The van der Waals surface area contributed by atoms with Crippen LogP contribution in [-0.2, 0) is 9.59 Å². The smallest absolute Gasteiger partial charge is 0.317 e. The number of carboxylic acid groups (broad SMARTS) is 1. The monoisotopic (exact) mass is 333 g/mol. The highest BCUT2D eigenvalue weighted by Gasteiger charge is 2.39. The molecule has 2 heterocycles. The second kappa shape index (κ2) is 6.52. The van der Waals surface area contributed by atoms with Gasteiger partial charge in [0, 0.05) is 22.7 Å². The number of fused-ring (bicyclic) bond motifs is 1. The molecule has 6 nitrogen and oxygen atoms in total. The molecule has 0 saturated carbocycles. The van der Waals surface area contributed by atoms with Gasteiger partial charge in [-0.15, -0.1) is 0 Å². The number of allylic oxidation sites excluding steroid dienone is 5. The van der Waals surface area contributed by atoms with Crippen LogP contribution in [0.4, 0.5) is 0 Å². The Bertz CT molecular complexity index is 678. The van der Waals surface area contributed by atoms with Crippen LogP contribution in [0.2, 0.25) is 0 Å². The van der Waals surface area contributed by atoms with Crippen LogP contribution >= 0.6 is 11.6 Å². The van der Waals surface area contributed by atoms with Gasteiger partial charge in [-0.25, -0.2) is 0 Å². The van der Waals surface area contributed by atoms with E-state index in [0.29, 0.717) is 16.4 Å². The van der Waals surface area contributed by atoms with Crippen molar-refractivity contribution in [3.63, 3.8) is 0 Å². The summed E-state index contributed by atoms with van der Waals surface area (Å²) in [5.74, 6) is -0.149. The average Bonchev–Trinajstić information content (AvgIpc) is 2.91. The van der Waals surface area contributed by atoms with E-state index in [9.17, 15) is 9.59 Å². The van der Waals surface area contributed by atoms with Crippen LogP contribution in [0.5, 0.6) is 0 Å². The lowest BCUT2D eigenvalue weighted by molar-refractivity contribution is -0.136. The zero-order valence-corrected chi connectivity index (χ0v) is 13.0. The number of hydrogen-bond donors (Lipinski definition) is 2. The molecule has 0 bridgehead atoms. The first-order chi connectivity index (χ1) is 11.1. The summed E-state index contributed by atoms with van der Waals surface area (Å²) in [6.07, 6.45) is 12.2. The minimum atomic E-state index is -0.926. The highest BCUT2D eigenvalue weighted by Crippen LogP contribution is 2.31. The van der Waals surface area contributed by atoms with E-state index in [0.717, 1.165) is 12.7 Å². The molecule has 0 saturated heterocycles. The number of carboxylic acids is 1. The lowest BCUT2D eigenvalue weighted by Crippen LogP contribution is -2.50. The van der Waals surface area contributed by atoms with Gasteiger partial charge in [0.25, 0.3) is 0 Å². The Morgan fingerprint density at radius 2 is 2.35 bits per heavy atom. The second-order valence-corrected chi connectivity index (χ2v) is 5.97. The number of nitrogens with one attached hydrogen (secondary N) is 1. The summed E-state index contributed by atoms with van der Waals surface area (Å²) in [7, 11) is 0. The van der Waals surface area contributed by atoms with E-state index in [1.807, 2.05) is 23.1 Å². The summed E-state index contributed by atoms with van der Waals surface area (Å²) in [6.45, 7) is -0.161. The molecule has 0 aromatic carbocycles. The van der Waals surface area contributed by atoms with E-state index >= 15 is 0 Å². The maximum absolute atomic E-state index is 10.9. The number of aliphatic imine (C=N–C) groups is 1. The molecule has 0 aromatic heterocycles. The van der Waals surface area contributed by atoms with Gasteiger partial charge in [-0.2, -0.15) is 0 Å². The van der Waals surface area contributed by atoms with Gasteiger partial charge in [-0.1, -0.05) is 23.8 Å². The van der Waals surface area contributed by atoms with Crippen LogP contribution in [0, 0.1) is 5.92 Å². The lowest BCUT2D eigenvalue weighted by atomic mass is 9.91. The largest absolute Gasteiger partial charge is 0.480 e. The van der Waals surface area contributed by atoms with Gasteiger partial charge in [-0.3, -0.25) is 19.9 Å². The number of carbonyl (C=O) groups excluding carboxylic acids is 1. The number of aldehydes is 1. The zero-order chi connectivity index (χ0) is 16.4. The predicted molar refractivity (Wildman–Crippen MR) is 87.0 cm³/mol. The first-order valence-electron chi connectivity index (χ1n) is 7.29. The van der Waals surface area contributed by atoms with E-state index in [1.54, 1.807) is 18.4 Å². The van der Waals surface area contributed by atoms with E-state index in [2.05, 4.69) is 5.32 Å². The van der Waals surface area contributed by atoms with Gasteiger partial charge in [-0.05, 0) is 24.6 Å². The Hall–Kier alpha value is -2.18. The van der Waals surface area contributed by atoms with E-state index in [4.69, 9.17) is 21.7 Å². The molecule has 2 aliphatic heterocycles. The van der Waals surface area contributed by atoms with Crippen molar-refractivity contribution in [3.05, 3.63) is 47.2 Å². The van der Waals surface area contributed by atoms with Crippen molar-refractivity contribution in [3.8, 4) is 0 Å². The number of rotatable bonds is 5. The summed E-state index contributed by atoms with van der Waals surface area (Å²) in [5, 5.41) is 12.7. The number of hydrogen-bond acceptors (Lipinski definition) is 5. The molecular weight excluding hydrogens is 318 g/mol. The Kier molecular flexibility index (Phi) is 4.45. The summed E-state index contributed by atoms with van der Waals surface area (Å²) in [6, 6.07) is -0.159. The van der Waals surface area contributed by atoms with Crippen molar-refractivity contribution in [2.45, 2.75) is 18.6 Å². The Morgan fingerprint density at radius 1 is 1.52 bits per heavy atom. The second-order valence-electron chi connectivity index (χ2n) is 5.53. The summed E-state index contributed by atoms with van der Waals surface area (Å²) < 4.78 is 0. The standard InChI is InChI=1S/C16H16ClN3O3/c17-12-3-1-11(2-4-12)15-16(18-8-14(22)23)20-6-5-10(9-21)7-13(20)19-15/h1,3-7,9,11,15-16,18H,2,8H2,(H,22,23). The average molecular weight is 334 g/mol. The van der Waals surface area contributed by atoms with Crippen molar-refractivity contribution < 1.29 is 14.7 Å². The molecule has 0 spiro atoms. The molecule has 3 atom stereocenters. The summed E-state index contributed by atoms with van der Waals surface area (Å²) >= 11 is 5.96. The van der Waals surface area contributed by atoms with Gasteiger partial charge in [0.05, 0.1) is 12.6 Å². The lowest BCUT2D eigenvalue weighted by Gasteiger charge is -2.31. The molecule has 0 fully saturated rings. The Balaban J connectivity index is 1.85. The molecule has 120 valence electrons. The van der Waals surface area contributed by atoms with E-state index < -0.39 is 5.97 Å². The minimum Gasteiger partial charge on any atom is -0.480 e. The fourth-order valence-electron chi connectivity index (χ4n) is 2.92. The first kappa shape index (κ1) is 15.7.